The van der Waals surface area contributed by atoms with Crippen molar-refractivity contribution in [3.8, 4) is 0 Å². The number of benzene rings is 1. The normalized spacial score (nSPS) is 23.8. The van der Waals surface area contributed by atoms with Crippen molar-refractivity contribution in [2.75, 3.05) is 0 Å². The summed E-state index contributed by atoms with van der Waals surface area (Å²) in [4.78, 5) is 8.96. The van der Waals surface area contributed by atoms with Crippen LogP contribution in [0.5, 0.6) is 0 Å². The molecule has 0 saturated heterocycles. The van der Waals surface area contributed by atoms with E-state index in [0.717, 1.165) is 34.7 Å². The van der Waals surface area contributed by atoms with E-state index in [2.05, 4.69) is 58.0 Å². The van der Waals surface area contributed by atoms with E-state index in [1.807, 2.05) is 6.07 Å². The van der Waals surface area contributed by atoms with Crippen LogP contribution in [-0.4, -0.2) is 25.7 Å². The molecule has 1 fully saturated rings. The van der Waals surface area contributed by atoms with Crippen LogP contribution in [0, 0.1) is 12.8 Å². The maximum absolute atomic E-state index is 9.99. The largest absolute Gasteiger partial charge is 0.393 e. The summed E-state index contributed by atoms with van der Waals surface area (Å²) in [7, 11) is 0. The molecule has 2 heterocycles. The van der Waals surface area contributed by atoms with Gasteiger partial charge in [0, 0.05) is 18.0 Å². The van der Waals surface area contributed by atoms with Crippen LogP contribution < -0.4 is 0 Å². The number of rotatable bonds is 4. The summed E-state index contributed by atoms with van der Waals surface area (Å²) in [6, 6.07) is 12.8. The molecule has 24 heavy (non-hydrogen) atoms. The lowest BCUT2D eigenvalue weighted by Crippen LogP contribution is -2.09. The molecule has 3 aromatic rings. The molecule has 123 valence electrons. The molecule has 1 aliphatic rings. The zero-order valence-corrected chi connectivity index (χ0v) is 14.2. The molecule has 2 aromatic heterocycles. The Kier molecular flexibility index (Phi) is 4.29. The lowest BCUT2D eigenvalue weighted by Gasteiger charge is -2.13. The van der Waals surface area contributed by atoms with Crippen LogP contribution in [0.3, 0.4) is 0 Å². The van der Waals surface area contributed by atoms with Gasteiger partial charge in [-0.3, -0.25) is 0 Å². The van der Waals surface area contributed by atoms with Gasteiger partial charge in [0.15, 0.2) is 0 Å². The summed E-state index contributed by atoms with van der Waals surface area (Å²) < 4.78 is 2.18. The van der Waals surface area contributed by atoms with Gasteiger partial charge in [0.05, 0.1) is 11.5 Å². The molecule has 0 unspecified atom stereocenters. The van der Waals surface area contributed by atoms with Crippen LogP contribution in [-0.2, 0) is 5.75 Å². The van der Waals surface area contributed by atoms with Crippen molar-refractivity contribution in [2.45, 2.75) is 35.8 Å². The molecule has 1 aromatic carbocycles. The minimum Gasteiger partial charge on any atom is -0.393 e. The maximum atomic E-state index is 9.99. The minimum absolute atomic E-state index is 0.0983. The highest BCUT2D eigenvalue weighted by Gasteiger charge is 2.31. The molecular weight excluding hydrogens is 318 g/mol. The lowest BCUT2D eigenvalue weighted by molar-refractivity contribution is 0.149. The number of nitrogens with zero attached hydrogens (tertiary/aromatic N) is 3. The second-order valence-electron chi connectivity index (χ2n) is 6.37. The van der Waals surface area contributed by atoms with E-state index >= 15 is 0 Å². The molecule has 0 spiro atoms. The summed E-state index contributed by atoms with van der Waals surface area (Å²) in [5.41, 5.74) is 2.24. The highest BCUT2D eigenvalue weighted by molar-refractivity contribution is 7.98. The first-order chi connectivity index (χ1) is 11.7. The Morgan fingerprint density at radius 3 is 2.75 bits per heavy atom. The fourth-order valence-electron chi connectivity index (χ4n) is 3.38. The third kappa shape index (κ3) is 2.94. The van der Waals surface area contributed by atoms with E-state index in [0.29, 0.717) is 0 Å². The van der Waals surface area contributed by atoms with E-state index < -0.39 is 0 Å². The van der Waals surface area contributed by atoms with Crippen LogP contribution in [0.25, 0.3) is 11.0 Å². The van der Waals surface area contributed by atoms with Crippen molar-refractivity contribution in [1.29, 1.82) is 0 Å². The Hall–Kier alpha value is -1.85. The summed E-state index contributed by atoms with van der Waals surface area (Å²) in [6.07, 6.45) is 5.03. The first kappa shape index (κ1) is 15.7. The summed E-state index contributed by atoms with van der Waals surface area (Å²) >= 11 is 1.73. The zero-order chi connectivity index (χ0) is 16.5. The third-order valence-electron chi connectivity index (χ3n) is 4.72. The number of aromatic nitrogens is 3. The Balaban J connectivity index is 1.60. The number of aliphatic hydroxyl groups is 1. The molecule has 5 heteroatoms. The fraction of sp³-hybridized carbons (Fsp3) is 0.316. The van der Waals surface area contributed by atoms with Gasteiger partial charge in [-0.2, -0.15) is 0 Å². The van der Waals surface area contributed by atoms with Crippen LogP contribution >= 0.6 is 11.8 Å². The predicted molar refractivity (Wildman–Crippen MR) is 96.7 cm³/mol. The van der Waals surface area contributed by atoms with Gasteiger partial charge in [-0.1, -0.05) is 30.3 Å². The molecule has 1 aliphatic carbocycles. The molecular formula is C19H20N3OS. The summed E-state index contributed by atoms with van der Waals surface area (Å²) in [6.45, 7) is 4.04. The number of thioether (sulfide) groups is 1. The van der Waals surface area contributed by atoms with Gasteiger partial charge in [-0.25, -0.2) is 9.97 Å². The molecule has 4 rings (SSSR count). The van der Waals surface area contributed by atoms with Gasteiger partial charge in [0.1, 0.15) is 17.0 Å². The van der Waals surface area contributed by atoms with Crippen LogP contribution in [0.4, 0.5) is 0 Å². The first-order valence-corrected chi connectivity index (χ1v) is 9.20. The van der Waals surface area contributed by atoms with Gasteiger partial charge in [0.2, 0.25) is 0 Å². The van der Waals surface area contributed by atoms with Crippen molar-refractivity contribution in [2.24, 2.45) is 5.92 Å². The molecule has 1 N–H and O–H groups in total. The molecule has 4 nitrogen and oxygen atoms in total. The van der Waals surface area contributed by atoms with E-state index in [1.54, 1.807) is 18.1 Å². The van der Waals surface area contributed by atoms with Crippen molar-refractivity contribution in [3.63, 3.8) is 0 Å². The van der Waals surface area contributed by atoms with Gasteiger partial charge in [-0.15, -0.1) is 11.8 Å². The molecule has 0 amide bonds. The van der Waals surface area contributed by atoms with Crippen LogP contribution in [0.1, 0.15) is 24.4 Å². The second kappa shape index (κ2) is 6.57. The van der Waals surface area contributed by atoms with E-state index in [-0.39, 0.29) is 18.1 Å². The Labute approximate surface area is 145 Å². The van der Waals surface area contributed by atoms with E-state index in [4.69, 9.17) is 0 Å². The van der Waals surface area contributed by atoms with Gasteiger partial charge in [0.25, 0.3) is 0 Å². The number of hydrogen-bond donors (Lipinski definition) is 1. The highest BCUT2D eigenvalue weighted by atomic mass is 32.2. The number of aliphatic hydroxyl groups excluding tert-OH is 1. The van der Waals surface area contributed by atoms with Crippen molar-refractivity contribution in [1.82, 2.24) is 14.5 Å². The Morgan fingerprint density at radius 1 is 1.17 bits per heavy atom. The molecule has 0 aliphatic heterocycles. The highest BCUT2D eigenvalue weighted by Crippen LogP contribution is 2.37. The average Bonchev–Trinajstić information content (AvgIpc) is 3.18. The smallest absolute Gasteiger partial charge is 0.144 e. The van der Waals surface area contributed by atoms with Crippen molar-refractivity contribution in [3.05, 3.63) is 61.4 Å². The Morgan fingerprint density at radius 2 is 2.00 bits per heavy atom. The molecule has 1 radical (unpaired) electrons. The average molecular weight is 338 g/mol. The maximum Gasteiger partial charge on any atom is 0.144 e. The zero-order valence-electron chi connectivity index (χ0n) is 13.4. The van der Waals surface area contributed by atoms with Gasteiger partial charge < -0.3 is 9.67 Å². The van der Waals surface area contributed by atoms with E-state index in [9.17, 15) is 5.11 Å². The number of fused-ring (bicyclic) bond motifs is 1. The topological polar surface area (TPSA) is 50.9 Å². The third-order valence-corrected chi connectivity index (χ3v) is 5.79. The molecule has 1 saturated carbocycles. The summed E-state index contributed by atoms with van der Waals surface area (Å²) in [5, 5.41) is 12.1. The molecule has 0 bridgehead atoms. The van der Waals surface area contributed by atoms with Crippen LogP contribution in [0.2, 0.25) is 0 Å². The second-order valence-corrected chi connectivity index (χ2v) is 7.33. The van der Waals surface area contributed by atoms with E-state index in [1.165, 1.54) is 5.56 Å². The lowest BCUT2D eigenvalue weighted by atomic mass is 10.1. The molecule has 3 atom stereocenters. The van der Waals surface area contributed by atoms with Gasteiger partial charge >= 0.3 is 0 Å². The Bertz CT molecular complexity index is 823. The summed E-state index contributed by atoms with van der Waals surface area (Å²) in [5.74, 6) is 0.988. The van der Waals surface area contributed by atoms with Crippen LogP contribution in [0.15, 0.2) is 53.9 Å². The monoisotopic (exact) mass is 338 g/mol. The van der Waals surface area contributed by atoms with Gasteiger partial charge in [-0.05, 0) is 37.3 Å². The number of hydrogen-bond acceptors (Lipinski definition) is 4. The fourth-order valence-corrected chi connectivity index (χ4v) is 4.32. The standard InChI is InChI=1S/C19H20N3OS/c1-13-9-15(10-17(13)23)22-8-7-16-18(22)20-12-21-19(16)24-11-14-5-3-2-4-6-14/h2-8,12-13,15,17,23H,1,9-11H2/t13-,15+,17-/m0/s1. The quantitative estimate of drug-likeness (QED) is 0.579. The SMILES string of the molecule is [CH2][C@H]1C[C@@H](n2ccc3c(SCc4ccccc4)ncnc32)C[C@@H]1O. The first-order valence-electron chi connectivity index (χ1n) is 8.22. The van der Waals surface area contributed by atoms with Crippen molar-refractivity contribution < 1.29 is 5.11 Å². The minimum atomic E-state index is -0.318. The predicted octanol–water partition coefficient (Wildman–Crippen LogP) is 3.87. The van der Waals surface area contributed by atoms with Crippen molar-refractivity contribution >= 4 is 22.8 Å².